The van der Waals surface area contributed by atoms with Gasteiger partial charge in [-0.2, -0.15) is 9.40 Å². The van der Waals surface area contributed by atoms with E-state index in [1.807, 2.05) is 16.8 Å². The molecule has 7 rings (SSSR count). The van der Waals surface area contributed by atoms with Gasteiger partial charge in [0.1, 0.15) is 0 Å². The molecule has 2 saturated heterocycles. The lowest BCUT2D eigenvalue weighted by molar-refractivity contribution is 0.122. The number of anilines is 1. The van der Waals surface area contributed by atoms with Gasteiger partial charge in [0.2, 0.25) is 10.0 Å². The van der Waals surface area contributed by atoms with Crippen LogP contribution in [-0.4, -0.2) is 95.9 Å². The fraction of sp³-hybridized carbons (Fsp3) is 0.355. The highest BCUT2D eigenvalue weighted by Gasteiger charge is 2.25. The number of benzene rings is 3. The van der Waals surface area contributed by atoms with Crippen molar-refractivity contribution in [3.63, 3.8) is 0 Å². The van der Waals surface area contributed by atoms with Crippen LogP contribution in [0.5, 0.6) is 0 Å². The van der Waals surface area contributed by atoms with Crippen LogP contribution in [0.3, 0.4) is 0 Å². The summed E-state index contributed by atoms with van der Waals surface area (Å²) in [5.41, 5.74) is 5.38. The number of piperazine rings is 1. The Bertz CT molecular complexity index is 1820. The second-order valence-electron chi connectivity index (χ2n) is 11.1. The molecule has 0 N–H and O–H groups in total. The third-order valence-electron chi connectivity index (χ3n) is 8.23. The normalized spacial score (nSPS) is 17.4. The summed E-state index contributed by atoms with van der Waals surface area (Å²) in [6.45, 7) is 6.91. The Morgan fingerprint density at radius 1 is 0.786 bits per heavy atom. The average molecular weight is 586 g/mol. The number of hydrogen-bond donors (Lipinski definition) is 0. The zero-order valence-corrected chi connectivity index (χ0v) is 24.6. The molecule has 0 bridgehead atoms. The summed E-state index contributed by atoms with van der Waals surface area (Å²) in [4.78, 5) is 4.64. The molecule has 5 aromatic rings. The second kappa shape index (κ2) is 11.1. The molecule has 11 heteroatoms. The number of sulfonamides is 1. The highest BCUT2D eigenvalue weighted by Crippen LogP contribution is 2.33. The third kappa shape index (κ3) is 5.40. The van der Waals surface area contributed by atoms with Gasteiger partial charge in [0.25, 0.3) is 0 Å². The fourth-order valence-electron chi connectivity index (χ4n) is 6.03. The number of nitrogens with zero attached hydrogens (tertiary/aromatic N) is 7. The summed E-state index contributed by atoms with van der Waals surface area (Å²) in [7, 11) is -3.15. The van der Waals surface area contributed by atoms with Crippen molar-refractivity contribution in [2.75, 3.05) is 63.6 Å². The van der Waals surface area contributed by atoms with E-state index >= 15 is 0 Å². The van der Waals surface area contributed by atoms with E-state index in [-0.39, 0.29) is 0 Å². The Hall–Kier alpha value is -3.77. The minimum Gasteiger partial charge on any atom is -0.378 e. The molecule has 3 aromatic carbocycles. The molecule has 0 saturated carbocycles. The first-order valence-electron chi connectivity index (χ1n) is 14.4. The van der Waals surface area contributed by atoms with Crippen molar-refractivity contribution in [1.29, 1.82) is 0 Å². The van der Waals surface area contributed by atoms with Crippen molar-refractivity contribution in [2.45, 2.75) is 13.1 Å². The minimum absolute atomic E-state index is 0.528. The molecule has 0 radical (unpaired) electrons. The largest absolute Gasteiger partial charge is 0.378 e. The van der Waals surface area contributed by atoms with Gasteiger partial charge >= 0.3 is 0 Å². The van der Waals surface area contributed by atoms with E-state index < -0.39 is 10.0 Å². The lowest BCUT2D eigenvalue weighted by Crippen LogP contribution is -2.47. The lowest BCUT2D eigenvalue weighted by atomic mass is 10.1. The third-order valence-corrected chi connectivity index (χ3v) is 9.54. The molecule has 2 aliphatic heterocycles. The molecular weight excluding hydrogens is 550 g/mol. The average Bonchev–Trinajstić information content (AvgIpc) is 3.59. The van der Waals surface area contributed by atoms with Gasteiger partial charge in [-0.3, -0.25) is 9.58 Å². The van der Waals surface area contributed by atoms with E-state index in [9.17, 15) is 8.42 Å². The molecule has 2 aromatic heterocycles. The number of ether oxygens (including phenoxy) is 1. The number of fused-ring (bicyclic) bond motifs is 2. The van der Waals surface area contributed by atoms with Crippen molar-refractivity contribution in [3.05, 3.63) is 84.1 Å². The van der Waals surface area contributed by atoms with Crippen LogP contribution in [0.4, 0.5) is 5.82 Å². The van der Waals surface area contributed by atoms with Crippen LogP contribution in [0.1, 0.15) is 11.1 Å². The first kappa shape index (κ1) is 27.1. The molecule has 2 fully saturated rings. The van der Waals surface area contributed by atoms with Gasteiger partial charge in [0.05, 0.1) is 42.7 Å². The summed E-state index contributed by atoms with van der Waals surface area (Å²) in [6, 6.07) is 23.2. The summed E-state index contributed by atoms with van der Waals surface area (Å²) in [5, 5.41) is 12.3. The molecule has 0 unspecified atom stereocenters. The Labute approximate surface area is 245 Å². The summed E-state index contributed by atoms with van der Waals surface area (Å²) < 4.78 is 35.2. The van der Waals surface area contributed by atoms with Gasteiger partial charge in [-0.25, -0.2) is 13.1 Å². The highest BCUT2D eigenvalue weighted by molar-refractivity contribution is 7.88. The molecule has 0 amide bonds. The number of morpholine rings is 1. The van der Waals surface area contributed by atoms with Crippen LogP contribution in [0.15, 0.2) is 72.9 Å². The summed E-state index contributed by atoms with van der Waals surface area (Å²) >= 11 is 0. The topological polar surface area (TPSA) is 88.7 Å². The van der Waals surface area contributed by atoms with E-state index in [0.29, 0.717) is 32.8 Å². The van der Waals surface area contributed by atoms with Gasteiger partial charge < -0.3 is 9.64 Å². The van der Waals surface area contributed by atoms with Crippen molar-refractivity contribution in [1.82, 2.24) is 28.8 Å². The van der Waals surface area contributed by atoms with Crippen LogP contribution < -0.4 is 4.90 Å². The van der Waals surface area contributed by atoms with Gasteiger partial charge in [-0.05, 0) is 35.4 Å². The van der Waals surface area contributed by atoms with Crippen LogP contribution in [0, 0.1) is 0 Å². The molecule has 0 aliphatic carbocycles. The van der Waals surface area contributed by atoms with Crippen LogP contribution in [0.2, 0.25) is 0 Å². The Balaban J connectivity index is 1.24. The predicted octanol–water partition coefficient (Wildman–Crippen LogP) is 3.34. The maximum atomic E-state index is 11.9. The highest BCUT2D eigenvalue weighted by atomic mass is 32.2. The van der Waals surface area contributed by atoms with Gasteiger partial charge in [0.15, 0.2) is 5.82 Å². The van der Waals surface area contributed by atoms with Crippen molar-refractivity contribution in [2.24, 2.45) is 0 Å². The van der Waals surface area contributed by atoms with Crippen LogP contribution >= 0.6 is 0 Å². The van der Waals surface area contributed by atoms with Gasteiger partial charge in [-0.1, -0.05) is 42.5 Å². The molecular formula is C31H35N7O3S. The zero-order chi connectivity index (χ0) is 28.7. The van der Waals surface area contributed by atoms with Gasteiger partial charge in [-0.15, -0.1) is 5.10 Å². The maximum absolute atomic E-state index is 11.9. The molecule has 4 heterocycles. The maximum Gasteiger partial charge on any atom is 0.211 e. The van der Waals surface area contributed by atoms with Crippen molar-refractivity contribution in [3.8, 4) is 5.69 Å². The Kier molecular flexibility index (Phi) is 7.19. The second-order valence-corrected chi connectivity index (χ2v) is 13.1. The van der Waals surface area contributed by atoms with Crippen LogP contribution in [0.25, 0.3) is 27.5 Å². The molecule has 0 spiro atoms. The van der Waals surface area contributed by atoms with E-state index in [1.165, 1.54) is 17.4 Å². The summed E-state index contributed by atoms with van der Waals surface area (Å²) in [6.07, 6.45) is 3.40. The molecule has 10 nitrogen and oxygen atoms in total. The van der Waals surface area contributed by atoms with Crippen LogP contribution in [-0.2, 0) is 27.8 Å². The van der Waals surface area contributed by atoms with Crippen molar-refractivity contribution >= 4 is 37.6 Å². The first-order valence-corrected chi connectivity index (χ1v) is 16.3. The number of hydrogen-bond acceptors (Lipinski definition) is 7. The van der Waals surface area contributed by atoms with Gasteiger partial charge in [0, 0.05) is 62.8 Å². The Morgan fingerprint density at radius 3 is 2.33 bits per heavy atom. The lowest BCUT2D eigenvalue weighted by Gasteiger charge is -2.33. The molecule has 42 heavy (non-hydrogen) atoms. The van der Waals surface area contributed by atoms with E-state index in [2.05, 4.69) is 75.3 Å². The smallest absolute Gasteiger partial charge is 0.211 e. The predicted molar refractivity (Wildman–Crippen MR) is 165 cm³/mol. The Morgan fingerprint density at radius 2 is 1.57 bits per heavy atom. The van der Waals surface area contributed by atoms with E-state index in [1.54, 1.807) is 4.31 Å². The quantitative estimate of drug-likeness (QED) is 0.290. The zero-order valence-electron chi connectivity index (χ0n) is 23.8. The van der Waals surface area contributed by atoms with Crippen molar-refractivity contribution < 1.29 is 13.2 Å². The van der Waals surface area contributed by atoms with E-state index in [0.717, 1.165) is 66.0 Å². The molecule has 2 aliphatic rings. The minimum atomic E-state index is -3.15. The van der Waals surface area contributed by atoms with E-state index in [4.69, 9.17) is 14.9 Å². The number of rotatable bonds is 7. The monoisotopic (exact) mass is 585 g/mol. The number of aromatic nitrogens is 4. The fourth-order valence-corrected chi connectivity index (χ4v) is 6.86. The molecule has 0 atom stereocenters. The summed E-state index contributed by atoms with van der Waals surface area (Å²) in [5.74, 6) is 0.964. The molecule has 218 valence electrons. The first-order chi connectivity index (χ1) is 20.4. The SMILES string of the molecule is CS(=O)(=O)N1CCN(Cc2ccc3c(c2)c(N2CCOCC2)nn3-c2cccc3nn(Cc4ccccc4)cc23)CC1. The standard InChI is InChI=1S/C31H35N7O3S/c1-42(39,40)37-14-12-34(13-15-37)21-25-10-11-30-26(20-25)31(35-16-18-41-19-17-35)33-38(30)29-9-5-8-28-27(29)23-36(32-28)22-24-6-3-2-4-7-24/h2-11,20,23H,12-19,21-22H2,1H3.